The fraction of sp³-hybridized carbons (Fsp3) is 0.833. The Kier molecular flexibility index (Phi) is 6.43. The first-order valence-corrected chi connectivity index (χ1v) is 5.18. The van der Waals surface area contributed by atoms with Crippen molar-refractivity contribution in [3.63, 3.8) is 0 Å². The third-order valence-corrected chi connectivity index (χ3v) is 3.05. The second-order valence-corrected chi connectivity index (χ2v) is 4.08. The smallest absolute Gasteiger partial charge is 0.132 e. The Morgan fingerprint density at radius 2 is 2.14 bits per heavy atom. The van der Waals surface area contributed by atoms with Crippen molar-refractivity contribution in [2.45, 2.75) is 52.9 Å². The molecule has 1 fully saturated rings. The molecule has 2 nitrogen and oxygen atoms in total. The molecule has 14 heavy (non-hydrogen) atoms. The number of carbonyl (C=O) groups is 2. The molecule has 2 unspecified atom stereocenters. The molecule has 82 valence electrons. The topological polar surface area (TPSA) is 34.1 Å². The predicted molar refractivity (Wildman–Crippen MR) is 58.2 cm³/mol. The molecule has 0 bridgehead atoms. The molecule has 1 saturated carbocycles. The Morgan fingerprint density at radius 3 is 2.71 bits per heavy atom. The third kappa shape index (κ3) is 4.03. The van der Waals surface area contributed by atoms with E-state index in [1.165, 1.54) is 6.42 Å². The number of hydrogen-bond acceptors (Lipinski definition) is 2. The molecule has 0 radical (unpaired) electrons. The Morgan fingerprint density at radius 1 is 1.43 bits per heavy atom. The average Bonchev–Trinajstić information content (AvgIpc) is 2.15. The van der Waals surface area contributed by atoms with E-state index in [2.05, 4.69) is 0 Å². The van der Waals surface area contributed by atoms with Crippen LogP contribution in [0.25, 0.3) is 0 Å². The summed E-state index contributed by atoms with van der Waals surface area (Å²) in [5, 5.41) is 0. The molecule has 2 atom stereocenters. The van der Waals surface area contributed by atoms with Crippen molar-refractivity contribution in [3.8, 4) is 0 Å². The van der Waals surface area contributed by atoms with Crippen LogP contribution in [0.5, 0.6) is 0 Å². The van der Waals surface area contributed by atoms with Crippen LogP contribution in [0.15, 0.2) is 0 Å². The van der Waals surface area contributed by atoms with Gasteiger partial charge in [0.25, 0.3) is 0 Å². The Balaban J connectivity index is 0.00000169. The van der Waals surface area contributed by atoms with Crippen molar-refractivity contribution in [2.24, 2.45) is 11.8 Å². The van der Waals surface area contributed by atoms with Gasteiger partial charge in [-0.1, -0.05) is 20.3 Å². The molecular formula is C12H22O2. The Bertz CT molecular complexity index is 187. The average molecular weight is 198 g/mol. The van der Waals surface area contributed by atoms with Crippen molar-refractivity contribution in [1.82, 2.24) is 0 Å². The van der Waals surface area contributed by atoms with E-state index >= 15 is 0 Å². The van der Waals surface area contributed by atoms with Crippen molar-refractivity contribution in [2.75, 3.05) is 0 Å². The molecule has 0 heterocycles. The normalized spacial score (nSPS) is 26.4. The molecule has 1 rings (SSSR count). The summed E-state index contributed by atoms with van der Waals surface area (Å²) in [4.78, 5) is 21.3. The van der Waals surface area contributed by atoms with Crippen LogP contribution >= 0.6 is 0 Å². The SMILES string of the molecule is C.CC(=O)C1CCCC(CCC=O)C1. The molecule has 0 N–H and O–H groups in total. The molecule has 1 aliphatic carbocycles. The number of rotatable bonds is 4. The van der Waals surface area contributed by atoms with Crippen LogP contribution in [0, 0.1) is 11.8 Å². The largest absolute Gasteiger partial charge is 0.303 e. The minimum atomic E-state index is 0. The minimum absolute atomic E-state index is 0. The van der Waals surface area contributed by atoms with E-state index in [-0.39, 0.29) is 13.3 Å². The van der Waals surface area contributed by atoms with Crippen molar-refractivity contribution in [1.29, 1.82) is 0 Å². The summed E-state index contributed by atoms with van der Waals surface area (Å²) in [7, 11) is 0. The maximum Gasteiger partial charge on any atom is 0.132 e. The fourth-order valence-corrected chi connectivity index (χ4v) is 2.23. The molecular weight excluding hydrogens is 176 g/mol. The van der Waals surface area contributed by atoms with Crippen LogP contribution in [0.2, 0.25) is 0 Å². The molecule has 1 aliphatic rings. The van der Waals surface area contributed by atoms with Gasteiger partial charge in [-0.25, -0.2) is 0 Å². The highest BCUT2D eigenvalue weighted by Gasteiger charge is 2.24. The number of Topliss-reactive ketones (excluding diaryl/α,β-unsaturated/α-hetero) is 1. The quantitative estimate of drug-likeness (QED) is 0.651. The first kappa shape index (κ1) is 13.3. The van der Waals surface area contributed by atoms with Gasteiger partial charge in [-0.2, -0.15) is 0 Å². The van der Waals surface area contributed by atoms with Gasteiger partial charge in [0.05, 0.1) is 0 Å². The zero-order chi connectivity index (χ0) is 9.68. The summed E-state index contributed by atoms with van der Waals surface area (Å²) < 4.78 is 0. The third-order valence-electron chi connectivity index (χ3n) is 3.05. The van der Waals surface area contributed by atoms with Crippen LogP contribution in [0.1, 0.15) is 52.9 Å². The van der Waals surface area contributed by atoms with Crippen molar-refractivity contribution in [3.05, 3.63) is 0 Å². The van der Waals surface area contributed by atoms with Crippen LogP contribution in [-0.2, 0) is 9.59 Å². The fourth-order valence-electron chi connectivity index (χ4n) is 2.23. The standard InChI is InChI=1S/C11H18O2.CH4/c1-9(13)11-6-2-4-10(8-11)5-3-7-12;/h7,10-11H,2-6,8H2,1H3;1H4. The zero-order valence-corrected chi connectivity index (χ0v) is 8.29. The molecule has 0 saturated heterocycles. The summed E-state index contributed by atoms with van der Waals surface area (Å²) in [6.07, 6.45) is 7.07. The summed E-state index contributed by atoms with van der Waals surface area (Å²) in [5.74, 6) is 1.23. The molecule has 0 spiro atoms. The lowest BCUT2D eigenvalue weighted by Crippen LogP contribution is -2.21. The number of carbonyl (C=O) groups excluding carboxylic acids is 2. The molecule has 0 aromatic rings. The highest BCUT2D eigenvalue weighted by Crippen LogP contribution is 2.31. The minimum Gasteiger partial charge on any atom is -0.303 e. The van der Waals surface area contributed by atoms with Crippen molar-refractivity contribution < 1.29 is 9.59 Å². The zero-order valence-electron chi connectivity index (χ0n) is 8.29. The van der Waals surface area contributed by atoms with E-state index in [0.717, 1.165) is 32.0 Å². The van der Waals surface area contributed by atoms with E-state index in [9.17, 15) is 9.59 Å². The lowest BCUT2D eigenvalue weighted by molar-refractivity contribution is -0.122. The first-order chi connectivity index (χ1) is 6.24. The van der Waals surface area contributed by atoms with Gasteiger partial charge in [0.1, 0.15) is 12.1 Å². The summed E-state index contributed by atoms with van der Waals surface area (Å²) in [5.41, 5.74) is 0. The Hall–Kier alpha value is -0.660. The van der Waals surface area contributed by atoms with Gasteiger partial charge >= 0.3 is 0 Å². The number of ketones is 1. The first-order valence-electron chi connectivity index (χ1n) is 5.18. The highest BCUT2D eigenvalue weighted by molar-refractivity contribution is 5.78. The van der Waals surface area contributed by atoms with Gasteiger partial charge in [-0.15, -0.1) is 0 Å². The summed E-state index contributed by atoms with van der Waals surface area (Å²) in [6.45, 7) is 1.69. The lowest BCUT2D eigenvalue weighted by Gasteiger charge is -2.26. The molecule has 0 aromatic carbocycles. The van der Waals surface area contributed by atoms with Gasteiger partial charge in [0.15, 0.2) is 0 Å². The van der Waals surface area contributed by atoms with E-state index < -0.39 is 0 Å². The molecule has 2 heteroatoms. The molecule has 0 amide bonds. The predicted octanol–water partition coefficient (Wildman–Crippen LogP) is 3.00. The Labute approximate surface area is 87.1 Å². The molecule has 0 aromatic heterocycles. The van der Waals surface area contributed by atoms with E-state index in [1.54, 1.807) is 6.92 Å². The maximum atomic E-state index is 11.1. The highest BCUT2D eigenvalue weighted by atomic mass is 16.1. The van der Waals surface area contributed by atoms with Crippen LogP contribution < -0.4 is 0 Å². The molecule has 0 aliphatic heterocycles. The van der Waals surface area contributed by atoms with Gasteiger partial charge in [0.2, 0.25) is 0 Å². The van der Waals surface area contributed by atoms with Crippen molar-refractivity contribution >= 4 is 12.1 Å². The summed E-state index contributed by atoms with van der Waals surface area (Å²) in [6, 6.07) is 0. The second-order valence-electron chi connectivity index (χ2n) is 4.08. The van der Waals surface area contributed by atoms with Crippen LogP contribution in [0.4, 0.5) is 0 Å². The monoisotopic (exact) mass is 198 g/mol. The van der Waals surface area contributed by atoms with Gasteiger partial charge in [-0.3, -0.25) is 4.79 Å². The maximum absolute atomic E-state index is 11.1. The summed E-state index contributed by atoms with van der Waals surface area (Å²) >= 11 is 0. The van der Waals surface area contributed by atoms with Crippen LogP contribution in [0.3, 0.4) is 0 Å². The number of hydrogen-bond donors (Lipinski definition) is 0. The van der Waals surface area contributed by atoms with E-state index in [0.29, 0.717) is 18.1 Å². The van der Waals surface area contributed by atoms with E-state index in [1.807, 2.05) is 0 Å². The lowest BCUT2D eigenvalue weighted by atomic mass is 9.78. The van der Waals surface area contributed by atoms with Gasteiger partial charge in [-0.05, 0) is 32.1 Å². The number of aldehydes is 1. The van der Waals surface area contributed by atoms with E-state index in [4.69, 9.17) is 0 Å². The second kappa shape index (κ2) is 6.74. The van der Waals surface area contributed by atoms with Gasteiger partial charge < -0.3 is 4.79 Å². The van der Waals surface area contributed by atoms with Gasteiger partial charge in [0, 0.05) is 12.3 Å². The van der Waals surface area contributed by atoms with Crippen LogP contribution in [-0.4, -0.2) is 12.1 Å².